The summed E-state index contributed by atoms with van der Waals surface area (Å²) in [5, 5.41) is 0. The fraction of sp³-hybridized carbons (Fsp3) is 0.867. The van der Waals surface area contributed by atoms with Crippen molar-refractivity contribution < 1.29 is 4.79 Å². The molecule has 0 aromatic rings. The van der Waals surface area contributed by atoms with Gasteiger partial charge in [-0.3, -0.25) is 4.79 Å². The van der Waals surface area contributed by atoms with E-state index in [1.165, 1.54) is 0 Å². The van der Waals surface area contributed by atoms with Crippen molar-refractivity contribution in [1.29, 1.82) is 0 Å². The lowest BCUT2D eigenvalue weighted by Gasteiger charge is -2.40. The van der Waals surface area contributed by atoms with E-state index in [-0.39, 0.29) is 16.1 Å². The molecule has 1 aliphatic heterocycles. The van der Waals surface area contributed by atoms with Gasteiger partial charge in [0.2, 0.25) is 5.91 Å². The van der Waals surface area contributed by atoms with Crippen molar-refractivity contribution in [3.8, 4) is 0 Å². The summed E-state index contributed by atoms with van der Waals surface area (Å²) in [6.45, 7) is 10.3. The van der Waals surface area contributed by atoms with E-state index >= 15 is 0 Å². The van der Waals surface area contributed by atoms with Crippen molar-refractivity contribution in [2.45, 2.75) is 51.7 Å². The Morgan fingerprint density at radius 2 is 1.90 bits per heavy atom. The number of thioether (sulfide) groups is 1. The van der Waals surface area contributed by atoms with Crippen LogP contribution in [0.2, 0.25) is 0 Å². The van der Waals surface area contributed by atoms with Crippen LogP contribution in [0.5, 0.6) is 0 Å². The molecule has 1 amide bonds. The first-order chi connectivity index (χ1) is 9.12. The van der Waals surface area contributed by atoms with Crippen molar-refractivity contribution >= 4 is 34.9 Å². The first-order valence-electron chi connectivity index (χ1n) is 7.25. The molecule has 0 saturated carbocycles. The fourth-order valence-corrected chi connectivity index (χ4v) is 3.61. The Hall–Kier alpha value is -0.290. The van der Waals surface area contributed by atoms with Crippen molar-refractivity contribution in [2.75, 3.05) is 19.3 Å². The molecule has 1 saturated heterocycles. The molecule has 3 nitrogen and oxygen atoms in total. The largest absolute Gasteiger partial charge is 0.392 e. The SMILES string of the molecule is CSC1(C(N)=S)CCN(C(=O)CC(C)C(C)(C)C)CC1. The maximum atomic E-state index is 12.4. The Kier molecular flexibility index (Phi) is 5.90. The average Bonchev–Trinajstić information content (AvgIpc) is 2.37. The van der Waals surface area contributed by atoms with E-state index < -0.39 is 0 Å². The molecule has 5 heteroatoms. The number of nitrogens with two attached hydrogens (primary N) is 1. The topological polar surface area (TPSA) is 46.3 Å². The fourth-order valence-electron chi connectivity index (χ4n) is 2.37. The third-order valence-electron chi connectivity index (χ3n) is 4.72. The second-order valence-corrected chi connectivity index (χ2v) is 8.54. The van der Waals surface area contributed by atoms with Crippen LogP contribution in [0.25, 0.3) is 0 Å². The highest BCUT2D eigenvalue weighted by molar-refractivity contribution is 8.02. The lowest BCUT2D eigenvalue weighted by atomic mass is 9.80. The molecule has 0 spiro atoms. The molecule has 1 aliphatic rings. The third kappa shape index (κ3) is 4.10. The van der Waals surface area contributed by atoms with Gasteiger partial charge in [-0.25, -0.2) is 0 Å². The van der Waals surface area contributed by atoms with E-state index in [1.807, 2.05) is 4.90 Å². The van der Waals surface area contributed by atoms with Crippen LogP contribution in [0.1, 0.15) is 47.0 Å². The lowest BCUT2D eigenvalue weighted by Crippen LogP contribution is -2.51. The third-order valence-corrected chi connectivity index (χ3v) is 6.65. The van der Waals surface area contributed by atoms with Gasteiger partial charge in [0.05, 0.1) is 9.74 Å². The van der Waals surface area contributed by atoms with Gasteiger partial charge in [-0.1, -0.05) is 39.9 Å². The summed E-state index contributed by atoms with van der Waals surface area (Å²) in [7, 11) is 0. The van der Waals surface area contributed by atoms with Gasteiger partial charge in [0.25, 0.3) is 0 Å². The maximum absolute atomic E-state index is 12.4. The van der Waals surface area contributed by atoms with Crippen LogP contribution < -0.4 is 5.73 Å². The van der Waals surface area contributed by atoms with Gasteiger partial charge in [0, 0.05) is 19.5 Å². The second-order valence-electron chi connectivity index (χ2n) is 6.91. The smallest absolute Gasteiger partial charge is 0.222 e. The number of carbonyl (C=O) groups is 1. The Morgan fingerprint density at radius 3 is 2.25 bits per heavy atom. The number of piperidine rings is 1. The molecule has 1 unspecified atom stereocenters. The zero-order valence-corrected chi connectivity index (χ0v) is 15.0. The molecule has 0 aromatic carbocycles. The van der Waals surface area contributed by atoms with Crippen LogP contribution in [-0.2, 0) is 4.79 Å². The molecule has 0 radical (unpaired) electrons. The molecule has 1 heterocycles. The summed E-state index contributed by atoms with van der Waals surface area (Å²) in [6, 6.07) is 0. The maximum Gasteiger partial charge on any atom is 0.222 e. The molecule has 2 N–H and O–H groups in total. The average molecular weight is 317 g/mol. The molecular formula is C15H28N2OS2. The Bertz CT molecular complexity index is 369. The highest BCUT2D eigenvalue weighted by Crippen LogP contribution is 2.36. The molecule has 0 aliphatic carbocycles. The van der Waals surface area contributed by atoms with Gasteiger partial charge in [-0.2, -0.15) is 11.8 Å². The van der Waals surface area contributed by atoms with Crippen LogP contribution in [0.3, 0.4) is 0 Å². The predicted octanol–water partition coefficient (Wildman–Crippen LogP) is 3.07. The number of likely N-dealkylation sites (tertiary alicyclic amines) is 1. The quantitative estimate of drug-likeness (QED) is 0.810. The van der Waals surface area contributed by atoms with E-state index in [9.17, 15) is 4.79 Å². The highest BCUT2D eigenvalue weighted by atomic mass is 32.2. The van der Waals surface area contributed by atoms with Crippen molar-refractivity contribution in [3.63, 3.8) is 0 Å². The van der Waals surface area contributed by atoms with E-state index in [0.717, 1.165) is 25.9 Å². The van der Waals surface area contributed by atoms with Crippen LogP contribution >= 0.6 is 24.0 Å². The summed E-state index contributed by atoms with van der Waals surface area (Å²) in [5.41, 5.74) is 6.05. The minimum Gasteiger partial charge on any atom is -0.392 e. The van der Waals surface area contributed by atoms with Gasteiger partial charge in [-0.15, -0.1) is 0 Å². The predicted molar refractivity (Wildman–Crippen MR) is 92.1 cm³/mol. The van der Waals surface area contributed by atoms with Crippen molar-refractivity contribution in [1.82, 2.24) is 4.90 Å². The highest BCUT2D eigenvalue weighted by Gasteiger charge is 2.38. The van der Waals surface area contributed by atoms with Gasteiger partial charge in [-0.05, 0) is 30.4 Å². The minimum absolute atomic E-state index is 0.109. The second kappa shape index (κ2) is 6.65. The zero-order chi connectivity index (χ0) is 15.6. The summed E-state index contributed by atoms with van der Waals surface area (Å²) >= 11 is 6.93. The first kappa shape index (κ1) is 17.8. The molecule has 1 rings (SSSR count). The van der Waals surface area contributed by atoms with Crippen LogP contribution in [-0.4, -0.2) is 39.9 Å². The van der Waals surface area contributed by atoms with E-state index in [1.54, 1.807) is 11.8 Å². The minimum atomic E-state index is -0.109. The molecule has 0 bridgehead atoms. The summed E-state index contributed by atoms with van der Waals surface area (Å²) < 4.78 is -0.109. The summed E-state index contributed by atoms with van der Waals surface area (Å²) in [5.74, 6) is 0.655. The van der Waals surface area contributed by atoms with E-state index in [2.05, 4.69) is 34.0 Å². The Morgan fingerprint density at radius 1 is 1.40 bits per heavy atom. The van der Waals surface area contributed by atoms with Gasteiger partial charge < -0.3 is 10.6 Å². The Labute approximate surface area is 133 Å². The number of nitrogens with zero attached hydrogens (tertiary/aromatic N) is 1. The number of hydrogen-bond donors (Lipinski definition) is 1. The summed E-state index contributed by atoms with van der Waals surface area (Å²) in [4.78, 5) is 14.9. The normalized spacial score (nSPS) is 20.6. The molecule has 0 aromatic heterocycles. The molecule has 116 valence electrons. The lowest BCUT2D eigenvalue weighted by molar-refractivity contribution is -0.133. The number of thiocarbonyl (C=S) groups is 1. The van der Waals surface area contributed by atoms with E-state index in [4.69, 9.17) is 18.0 Å². The van der Waals surface area contributed by atoms with Crippen LogP contribution in [0, 0.1) is 11.3 Å². The zero-order valence-electron chi connectivity index (χ0n) is 13.4. The summed E-state index contributed by atoms with van der Waals surface area (Å²) in [6.07, 6.45) is 4.43. The first-order valence-corrected chi connectivity index (χ1v) is 8.88. The molecule has 1 atom stereocenters. The van der Waals surface area contributed by atoms with Crippen molar-refractivity contribution in [3.05, 3.63) is 0 Å². The number of hydrogen-bond acceptors (Lipinski definition) is 3. The molecule has 1 fully saturated rings. The van der Waals surface area contributed by atoms with Gasteiger partial charge >= 0.3 is 0 Å². The number of rotatable bonds is 4. The Balaban J connectivity index is 2.57. The molecular weight excluding hydrogens is 288 g/mol. The monoisotopic (exact) mass is 316 g/mol. The standard InChI is InChI=1S/C15H28N2OS2/c1-11(14(2,3)4)10-12(18)17-8-6-15(20-5,7-9-17)13(16)19/h11H,6-10H2,1-5H3,(H2,16,19). The number of carbonyl (C=O) groups excluding carboxylic acids is 1. The van der Waals surface area contributed by atoms with Crippen molar-refractivity contribution in [2.24, 2.45) is 17.1 Å². The van der Waals surface area contributed by atoms with Gasteiger partial charge in [0.15, 0.2) is 0 Å². The van der Waals surface area contributed by atoms with E-state index in [0.29, 0.717) is 17.3 Å². The molecule has 20 heavy (non-hydrogen) atoms. The van der Waals surface area contributed by atoms with Gasteiger partial charge in [0.1, 0.15) is 0 Å². The number of amides is 1. The van der Waals surface area contributed by atoms with Crippen LogP contribution in [0.4, 0.5) is 0 Å². The van der Waals surface area contributed by atoms with Crippen LogP contribution in [0.15, 0.2) is 0 Å².